The fourth-order valence-electron chi connectivity index (χ4n) is 3.16. The van der Waals surface area contributed by atoms with Crippen LogP contribution in [-0.2, 0) is 6.54 Å². The molecule has 0 aromatic carbocycles. The molecule has 0 radical (unpaired) electrons. The molecule has 0 amide bonds. The van der Waals surface area contributed by atoms with Crippen molar-refractivity contribution in [2.24, 2.45) is 5.92 Å². The van der Waals surface area contributed by atoms with E-state index in [1.165, 1.54) is 0 Å². The van der Waals surface area contributed by atoms with Crippen molar-refractivity contribution < 1.29 is 0 Å². The van der Waals surface area contributed by atoms with E-state index in [9.17, 15) is 9.59 Å². The van der Waals surface area contributed by atoms with E-state index in [0.717, 1.165) is 31.4 Å². The highest BCUT2D eigenvalue weighted by Gasteiger charge is 2.22. The van der Waals surface area contributed by atoms with E-state index >= 15 is 0 Å². The molecule has 2 aromatic heterocycles. The first-order valence-corrected chi connectivity index (χ1v) is 7.90. The van der Waals surface area contributed by atoms with Crippen molar-refractivity contribution in [2.45, 2.75) is 39.3 Å². The second kappa shape index (κ2) is 8.65. The van der Waals surface area contributed by atoms with Crippen molar-refractivity contribution >= 4 is 36.0 Å². The largest absolute Gasteiger partial charge is 0.318 e. The smallest absolute Gasteiger partial charge is 0.317 e. The highest BCUT2D eigenvalue weighted by atomic mass is 35.5. The minimum Gasteiger partial charge on any atom is -0.317 e. The van der Waals surface area contributed by atoms with Crippen molar-refractivity contribution in [1.29, 1.82) is 0 Å². The van der Waals surface area contributed by atoms with Gasteiger partial charge in [-0.05, 0) is 44.0 Å². The van der Waals surface area contributed by atoms with Crippen LogP contribution in [0.1, 0.15) is 32.7 Å². The van der Waals surface area contributed by atoms with Crippen LogP contribution in [0.15, 0.2) is 27.9 Å². The summed E-state index contributed by atoms with van der Waals surface area (Å²) in [6.07, 6.45) is 3.38. The van der Waals surface area contributed by atoms with Gasteiger partial charge in [-0.25, -0.2) is 4.98 Å². The molecule has 8 heteroatoms. The van der Waals surface area contributed by atoms with Gasteiger partial charge in [0.15, 0.2) is 5.65 Å². The van der Waals surface area contributed by atoms with E-state index in [1.54, 1.807) is 15.3 Å². The van der Waals surface area contributed by atoms with Gasteiger partial charge in [-0.1, -0.05) is 13.8 Å². The molecule has 0 saturated carbocycles. The van der Waals surface area contributed by atoms with Gasteiger partial charge in [0.25, 0.3) is 0 Å². The highest BCUT2D eigenvalue weighted by Crippen LogP contribution is 2.20. The molecular weight excluding hydrogens is 351 g/mol. The van der Waals surface area contributed by atoms with E-state index in [-0.39, 0.29) is 36.8 Å². The van der Waals surface area contributed by atoms with Gasteiger partial charge >= 0.3 is 11.1 Å². The molecule has 3 heterocycles. The van der Waals surface area contributed by atoms with Crippen molar-refractivity contribution in [3.63, 3.8) is 0 Å². The van der Waals surface area contributed by atoms with Gasteiger partial charge in [0.05, 0.1) is 5.52 Å². The van der Waals surface area contributed by atoms with E-state index < -0.39 is 11.1 Å². The van der Waals surface area contributed by atoms with Crippen LogP contribution >= 0.6 is 24.8 Å². The minimum absolute atomic E-state index is 0. The molecule has 2 aromatic rings. The molecule has 1 fully saturated rings. The summed E-state index contributed by atoms with van der Waals surface area (Å²) in [6.45, 7) is 6.32. The van der Waals surface area contributed by atoms with Crippen molar-refractivity contribution in [1.82, 2.24) is 19.4 Å². The standard InChI is InChI=1S/C16H22N4O2.2ClH/c1-11(2)10-19-13-4-3-7-18-14(13)20(16(22)15(19)21)12-5-8-17-9-6-12;;/h3-4,7,11-12,17H,5-6,8-10H2,1-2H3;2*1H. The Morgan fingerprint density at radius 2 is 1.88 bits per heavy atom. The Hall–Kier alpha value is -1.37. The van der Waals surface area contributed by atoms with E-state index in [0.29, 0.717) is 12.2 Å². The Morgan fingerprint density at radius 3 is 2.50 bits per heavy atom. The molecular formula is C16H24Cl2N4O2. The molecule has 0 spiro atoms. The zero-order chi connectivity index (χ0) is 15.7. The maximum absolute atomic E-state index is 12.7. The van der Waals surface area contributed by atoms with Gasteiger partial charge in [-0.2, -0.15) is 0 Å². The number of aromatic nitrogens is 3. The van der Waals surface area contributed by atoms with Gasteiger partial charge in [0.1, 0.15) is 0 Å². The van der Waals surface area contributed by atoms with Crippen molar-refractivity contribution in [3.8, 4) is 0 Å². The maximum atomic E-state index is 12.7. The monoisotopic (exact) mass is 374 g/mol. The Balaban J connectivity index is 0.00000144. The number of hydrogen-bond acceptors (Lipinski definition) is 4. The van der Waals surface area contributed by atoms with Gasteiger partial charge in [-0.15, -0.1) is 24.8 Å². The Labute approximate surface area is 153 Å². The van der Waals surface area contributed by atoms with Crippen molar-refractivity contribution in [3.05, 3.63) is 39.0 Å². The molecule has 0 bridgehead atoms. The molecule has 1 aliphatic heterocycles. The number of piperidine rings is 1. The number of pyridine rings is 1. The lowest BCUT2D eigenvalue weighted by atomic mass is 10.1. The first kappa shape index (κ1) is 20.7. The first-order chi connectivity index (χ1) is 10.6. The van der Waals surface area contributed by atoms with Gasteiger partial charge in [0.2, 0.25) is 0 Å². The third kappa shape index (κ3) is 3.82. The maximum Gasteiger partial charge on any atom is 0.318 e. The summed E-state index contributed by atoms with van der Waals surface area (Å²) in [6, 6.07) is 3.74. The fourth-order valence-corrected chi connectivity index (χ4v) is 3.16. The molecule has 3 rings (SSSR count). The first-order valence-electron chi connectivity index (χ1n) is 7.90. The Morgan fingerprint density at radius 1 is 1.21 bits per heavy atom. The normalized spacial score (nSPS) is 15.1. The van der Waals surface area contributed by atoms with Gasteiger partial charge < -0.3 is 9.88 Å². The van der Waals surface area contributed by atoms with Crippen LogP contribution in [-0.4, -0.2) is 27.2 Å². The third-order valence-corrected chi connectivity index (χ3v) is 4.15. The van der Waals surface area contributed by atoms with Crippen molar-refractivity contribution in [2.75, 3.05) is 13.1 Å². The molecule has 0 unspecified atom stereocenters. The van der Waals surface area contributed by atoms with Crippen LogP contribution in [0, 0.1) is 5.92 Å². The minimum atomic E-state index is -0.446. The summed E-state index contributed by atoms with van der Waals surface area (Å²) >= 11 is 0. The number of rotatable bonds is 3. The number of hydrogen-bond donors (Lipinski definition) is 1. The summed E-state index contributed by atoms with van der Waals surface area (Å²) in [5, 5.41) is 3.28. The number of nitrogens with one attached hydrogen (secondary N) is 1. The van der Waals surface area contributed by atoms with Gasteiger partial charge in [-0.3, -0.25) is 14.2 Å². The average Bonchev–Trinajstić information content (AvgIpc) is 2.53. The molecule has 6 nitrogen and oxygen atoms in total. The summed E-state index contributed by atoms with van der Waals surface area (Å²) in [4.78, 5) is 29.6. The SMILES string of the molecule is CC(C)Cn1c(=O)c(=O)n(C2CCNCC2)c2ncccc21.Cl.Cl. The zero-order valence-corrected chi connectivity index (χ0v) is 15.5. The Kier molecular flexibility index (Phi) is 7.45. The summed E-state index contributed by atoms with van der Waals surface area (Å²) in [5.74, 6) is 0.287. The van der Waals surface area contributed by atoms with E-state index in [2.05, 4.69) is 10.3 Å². The topological polar surface area (TPSA) is 68.9 Å². The van der Waals surface area contributed by atoms with Crippen LogP contribution in [0.5, 0.6) is 0 Å². The highest BCUT2D eigenvalue weighted by molar-refractivity contribution is 5.85. The van der Waals surface area contributed by atoms with Crippen LogP contribution in [0.2, 0.25) is 0 Å². The molecule has 24 heavy (non-hydrogen) atoms. The molecule has 134 valence electrons. The molecule has 1 saturated heterocycles. The fraction of sp³-hybridized carbons (Fsp3) is 0.562. The molecule has 1 aliphatic rings. The number of halogens is 2. The molecule has 0 aliphatic carbocycles. The number of fused-ring (bicyclic) bond motifs is 1. The van der Waals surface area contributed by atoms with Crippen LogP contribution in [0.25, 0.3) is 11.2 Å². The second-order valence-electron chi connectivity index (χ2n) is 6.31. The average molecular weight is 375 g/mol. The molecule has 0 atom stereocenters. The lowest BCUT2D eigenvalue weighted by molar-refractivity contribution is 0.363. The van der Waals surface area contributed by atoms with E-state index in [1.807, 2.05) is 26.0 Å². The number of nitrogens with zero attached hydrogens (tertiary/aromatic N) is 3. The zero-order valence-electron chi connectivity index (χ0n) is 13.9. The van der Waals surface area contributed by atoms with Crippen LogP contribution < -0.4 is 16.4 Å². The predicted octanol–water partition coefficient (Wildman–Crippen LogP) is 1.98. The summed E-state index contributed by atoms with van der Waals surface area (Å²) in [5.41, 5.74) is 0.491. The lowest BCUT2D eigenvalue weighted by Crippen LogP contribution is -2.45. The summed E-state index contributed by atoms with van der Waals surface area (Å²) < 4.78 is 3.20. The van der Waals surface area contributed by atoms with Crippen LogP contribution in [0.3, 0.4) is 0 Å². The quantitative estimate of drug-likeness (QED) is 0.833. The van der Waals surface area contributed by atoms with E-state index in [4.69, 9.17) is 0 Å². The second-order valence-corrected chi connectivity index (χ2v) is 6.31. The van der Waals surface area contributed by atoms with Gasteiger partial charge in [0, 0.05) is 18.8 Å². The predicted molar refractivity (Wildman–Crippen MR) is 101 cm³/mol. The third-order valence-electron chi connectivity index (χ3n) is 4.15. The Bertz CT molecular complexity index is 795. The molecule has 1 N–H and O–H groups in total. The van der Waals surface area contributed by atoms with Crippen LogP contribution in [0.4, 0.5) is 0 Å². The summed E-state index contributed by atoms with van der Waals surface area (Å²) in [7, 11) is 0. The lowest BCUT2D eigenvalue weighted by Gasteiger charge is -2.26.